The van der Waals surface area contributed by atoms with E-state index in [4.69, 9.17) is 9.47 Å². The van der Waals surface area contributed by atoms with Gasteiger partial charge in [0.1, 0.15) is 18.0 Å². The van der Waals surface area contributed by atoms with Crippen LogP contribution in [0.2, 0.25) is 0 Å². The summed E-state index contributed by atoms with van der Waals surface area (Å²) in [5.41, 5.74) is 2.14. The van der Waals surface area contributed by atoms with Crippen molar-refractivity contribution in [1.29, 1.82) is 0 Å². The first kappa shape index (κ1) is 18.3. The molecule has 7 nitrogen and oxygen atoms in total. The van der Waals surface area contributed by atoms with Gasteiger partial charge in [-0.3, -0.25) is 10.1 Å². The fourth-order valence-electron chi connectivity index (χ4n) is 2.42. The van der Waals surface area contributed by atoms with E-state index in [9.17, 15) is 14.9 Å². The number of nitro benzene ring substituents is 1. The lowest BCUT2D eigenvalue weighted by molar-refractivity contribution is -0.384. The number of ether oxygens (including phenoxy) is 2. The molecule has 0 aliphatic heterocycles. The Bertz CT molecular complexity index is 802. The fourth-order valence-corrected chi connectivity index (χ4v) is 2.42. The van der Waals surface area contributed by atoms with Crippen molar-refractivity contribution in [3.05, 3.63) is 63.2 Å². The second-order valence-corrected chi connectivity index (χ2v) is 5.75. The van der Waals surface area contributed by atoms with Crippen LogP contribution in [0.4, 0.5) is 11.4 Å². The van der Waals surface area contributed by atoms with E-state index in [2.05, 4.69) is 0 Å². The van der Waals surface area contributed by atoms with Crippen LogP contribution in [0.15, 0.2) is 36.4 Å². The summed E-state index contributed by atoms with van der Waals surface area (Å²) in [6.45, 7) is 1.95. The van der Waals surface area contributed by atoms with Crippen molar-refractivity contribution in [2.75, 3.05) is 26.1 Å². The lowest BCUT2D eigenvalue weighted by atomic mass is 10.1. The van der Waals surface area contributed by atoms with Crippen molar-refractivity contribution in [3.8, 4) is 5.75 Å². The Morgan fingerprint density at radius 1 is 1.20 bits per heavy atom. The number of benzene rings is 2. The Morgan fingerprint density at radius 2 is 1.92 bits per heavy atom. The SMILES string of the molecule is COc1ccc(C)cc1COC(=O)c1ccc(N(C)C)c([N+](=O)[O-])c1. The predicted molar refractivity (Wildman–Crippen MR) is 94.3 cm³/mol. The standard InChI is InChI=1S/C18H20N2O5/c1-12-5-8-17(24-4)14(9-12)11-25-18(21)13-6-7-15(19(2)3)16(10-13)20(22)23/h5-10H,11H2,1-4H3. The first-order valence-electron chi connectivity index (χ1n) is 7.60. The van der Waals surface area contributed by atoms with Gasteiger partial charge in [-0.15, -0.1) is 0 Å². The number of anilines is 1. The maximum atomic E-state index is 12.3. The third kappa shape index (κ3) is 4.26. The topological polar surface area (TPSA) is 81.9 Å². The van der Waals surface area contributed by atoms with E-state index in [-0.39, 0.29) is 17.9 Å². The lowest BCUT2D eigenvalue weighted by Gasteiger charge is -2.13. The van der Waals surface area contributed by atoms with Crippen LogP contribution in [0, 0.1) is 17.0 Å². The van der Waals surface area contributed by atoms with Crippen LogP contribution in [0.3, 0.4) is 0 Å². The van der Waals surface area contributed by atoms with Gasteiger partial charge in [-0.2, -0.15) is 0 Å². The van der Waals surface area contributed by atoms with E-state index in [0.717, 1.165) is 11.1 Å². The van der Waals surface area contributed by atoms with Crippen LogP contribution in [-0.4, -0.2) is 32.1 Å². The molecule has 0 fully saturated rings. The molecule has 0 unspecified atom stereocenters. The zero-order valence-corrected chi connectivity index (χ0v) is 14.6. The van der Waals surface area contributed by atoms with Crippen molar-refractivity contribution in [3.63, 3.8) is 0 Å². The highest BCUT2D eigenvalue weighted by Crippen LogP contribution is 2.28. The molecule has 0 aromatic heterocycles. The number of nitro groups is 1. The van der Waals surface area contributed by atoms with Crippen molar-refractivity contribution in [2.45, 2.75) is 13.5 Å². The smallest absolute Gasteiger partial charge is 0.338 e. The molecule has 0 spiro atoms. The van der Waals surface area contributed by atoms with Gasteiger partial charge < -0.3 is 14.4 Å². The third-order valence-corrected chi connectivity index (χ3v) is 3.68. The van der Waals surface area contributed by atoms with E-state index >= 15 is 0 Å². The summed E-state index contributed by atoms with van der Waals surface area (Å²) in [6.07, 6.45) is 0. The number of carbonyl (C=O) groups excluding carboxylic acids is 1. The monoisotopic (exact) mass is 344 g/mol. The molecule has 0 heterocycles. The predicted octanol–water partition coefficient (Wildman–Crippen LogP) is 3.33. The van der Waals surface area contributed by atoms with Crippen LogP contribution in [0.25, 0.3) is 0 Å². The van der Waals surface area contributed by atoms with Crippen LogP contribution >= 0.6 is 0 Å². The Balaban J connectivity index is 2.20. The highest BCUT2D eigenvalue weighted by Gasteiger charge is 2.19. The highest BCUT2D eigenvalue weighted by atomic mass is 16.6. The Morgan fingerprint density at radius 3 is 2.52 bits per heavy atom. The van der Waals surface area contributed by atoms with Crippen molar-refractivity contribution in [1.82, 2.24) is 0 Å². The van der Waals surface area contributed by atoms with Gasteiger partial charge in [-0.05, 0) is 31.2 Å². The van der Waals surface area contributed by atoms with E-state index in [1.807, 2.05) is 19.1 Å². The molecule has 2 aromatic carbocycles. The van der Waals surface area contributed by atoms with E-state index in [0.29, 0.717) is 11.4 Å². The number of methoxy groups -OCH3 is 1. The molecule has 0 N–H and O–H groups in total. The van der Waals surface area contributed by atoms with E-state index in [1.165, 1.54) is 18.2 Å². The van der Waals surface area contributed by atoms with Gasteiger partial charge in [-0.25, -0.2) is 4.79 Å². The van der Waals surface area contributed by atoms with Gasteiger partial charge in [-0.1, -0.05) is 11.6 Å². The summed E-state index contributed by atoms with van der Waals surface area (Å²) >= 11 is 0. The molecule has 0 saturated carbocycles. The van der Waals surface area contributed by atoms with Gasteiger partial charge in [0, 0.05) is 25.7 Å². The zero-order chi connectivity index (χ0) is 18.6. The number of rotatable bonds is 6. The third-order valence-electron chi connectivity index (χ3n) is 3.68. The lowest BCUT2D eigenvalue weighted by Crippen LogP contribution is -2.12. The summed E-state index contributed by atoms with van der Waals surface area (Å²) in [7, 11) is 4.94. The molecule has 25 heavy (non-hydrogen) atoms. The maximum absolute atomic E-state index is 12.3. The molecular weight excluding hydrogens is 324 g/mol. The van der Waals surface area contributed by atoms with E-state index < -0.39 is 10.9 Å². The molecule has 2 aromatic rings. The molecule has 132 valence electrons. The van der Waals surface area contributed by atoms with Crippen molar-refractivity contribution >= 4 is 17.3 Å². The largest absolute Gasteiger partial charge is 0.496 e. The van der Waals surface area contributed by atoms with Crippen LogP contribution in [0.5, 0.6) is 5.75 Å². The number of hydrogen-bond acceptors (Lipinski definition) is 6. The Hall–Kier alpha value is -3.09. The fraction of sp³-hybridized carbons (Fsp3) is 0.278. The summed E-state index contributed by atoms with van der Waals surface area (Å²) in [5, 5.41) is 11.2. The first-order valence-corrected chi connectivity index (χ1v) is 7.60. The van der Waals surface area contributed by atoms with Gasteiger partial charge in [0.2, 0.25) is 0 Å². The second kappa shape index (κ2) is 7.65. The normalized spacial score (nSPS) is 10.2. The summed E-state index contributed by atoms with van der Waals surface area (Å²) in [5.74, 6) is -0.00991. The molecule has 0 radical (unpaired) electrons. The summed E-state index contributed by atoms with van der Waals surface area (Å²) < 4.78 is 10.5. The van der Waals surface area contributed by atoms with Gasteiger partial charge >= 0.3 is 5.97 Å². The molecule has 0 atom stereocenters. The Labute approximate surface area is 145 Å². The van der Waals surface area contributed by atoms with Crippen LogP contribution in [0.1, 0.15) is 21.5 Å². The second-order valence-electron chi connectivity index (χ2n) is 5.75. The molecule has 2 rings (SSSR count). The average Bonchev–Trinajstić information content (AvgIpc) is 2.59. The van der Waals surface area contributed by atoms with Crippen LogP contribution in [-0.2, 0) is 11.3 Å². The minimum absolute atomic E-state index is 0.0208. The van der Waals surface area contributed by atoms with Crippen molar-refractivity contribution < 1.29 is 19.2 Å². The first-order chi connectivity index (χ1) is 11.8. The molecule has 0 aliphatic rings. The molecular formula is C18H20N2O5. The average molecular weight is 344 g/mol. The Kier molecular flexibility index (Phi) is 5.59. The van der Waals surface area contributed by atoms with E-state index in [1.54, 1.807) is 32.2 Å². The van der Waals surface area contributed by atoms with Crippen molar-refractivity contribution in [2.24, 2.45) is 0 Å². The molecule has 0 amide bonds. The van der Waals surface area contributed by atoms with Gasteiger partial charge in [0.25, 0.3) is 5.69 Å². The summed E-state index contributed by atoms with van der Waals surface area (Å²) in [6, 6.07) is 9.83. The minimum atomic E-state index is -0.628. The quantitative estimate of drug-likeness (QED) is 0.454. The zero-order valence-electron chi connectivity index (χ0n) is 14.6. The molecule has 7 heteroatoms. The number of carbonyl (C=O) groups is 1. The summed E-state index contributed by atoms with van der Waals surface area (Å²) in [4.78, 5) is 24.6. The number of nitrogens with zero attached hydrogens (tertiary/aromatic N) is 2. The number of esters is 1. The molecule has 0 saturated heterocycles. The number of hydrogen-bond donors (Lipinski definition) is 0. The number of aryl methyl sites for hydroxylation is 1. The van der Waals surface area contributed by atoms with Gasteiger partial charge in [0.15, 0.2) is 0 Å². The molecule has 0 bridgehead atoms. The minimum Gasteiger partial charge on any atom is -0.496 e. The van der Waals surface area contributed by atoms with Crippen LogP contribution < -0.4 is 9.64 Å². The molecule has 0 aliphatic carbocycles. The maximum Gasteiger partial charge on any atom is 0.338 e. The highest BCUT2D eigenvalue weighted by molar-refractivity contribution is 5.91. The van der Waals surface area contributed by atoms with Gasteiger partial charge in [0.05, 0.1) is 17.6 Å².